The molecule has 3 aromatic rings. The van der Waals surface area contributed by atoms with E-state index in [0.29, 0.717) is 15.7 Å². The monoisotopic (exact) mass is 443 g/mol. The lowest BCUT2D eigenvalue weighted by Gasteiger charge is -2.37. The second kappa shape index (κ2) is 7.68. The topological polar surface area (TPSA) is 90.1 Å². The summed E-state index contributed by atoms with van der Waals surface area (Å²) in [5.74, 6) is -0.333. The Morgan fingerprint density at radius 1 is 1.20 bits per heavy atom. The molecular weight excluding hydrogens is 422 g/mol. The number of benzene rings is 1. The smallest absolute Gasteiger partial charge is 0.280 e. The fourth-order valence-corrected chi connectivity index (χ4v) is 5.24. The molecule has 0 unspecified atom stereocenters. The average Bonchev–Trinajstić information content (AvgIpc) is 3.32. The number of rotatable bonds is 4. The summed E-state index contributed by atoms with van der Waals surface area (Å²) < 4.78 is 0. The number of aromatic amines is 1. The largest absolute Gasteiger partial charge is 0.351 e. The third-order valence-corrected chi connectivity index (χ3v) is 7.17. The lowest BCUT2D eigenvalue weighted by atomic mass is 9.86. The number of hydrogen-bond acceptors (Lipinski definition) is 5. The van der Waals surface area contributed by atoms with E-state index in [9.17, 15) is 9.59 Å². The maximum atomic E-state index is 12.7. The summed E-state index contributed by atoms with van der Waals surface area (Å²) in [6.45, 7) is 1.81. The minimum absolute atomic E-state index is 0.0797. The van der Waals surface area contributed by atoms with Crippen molar-refractivity contribution in [1.29, 1.82) is 0 Å². The fraction of sp³-hybridized carbons (Fsp3) is 0.381. The Balaban J connectivity index is 1.22. The number of nitrogens with one attached hydrogen (secondary N) is 3. The standard InChI is InChI=1S/C21H22ClN5O2S/c1-27-7-6-16-18(10-27)30-21(26-16)20(29)25-15-5-4-14(15)24-19(28)17-9-11-8-12(22)2-3-13(11)23-17/h2-3,8-9,14-15,23H,4-7,10H2,1H3,(H,24,28)(H,25,29)/t14-,15-/m1/s1. The second-order valence-electron chi connectivity index (χ2n) is 8.03. The van der Waals surface area contributed by atoms with Crippen molar-refractivity contribution >= 4 is 45.7 Å². The number of thiazole rings is 1. The SMILES string of the molecule is CN1CCc2nc(C(=O)N[C@@H]3CC[C@H]3NC(=O)c3cc4cc(Cl)ccc4[nH]3)sc2C1. The van der Waals surface area contributed by atoms with Crippen LogP contribution in [0.1, 0.15) is 43.7 Å². The van der Waals surface area contributed by atoms with Crippen molar-refractivity contribution < 1.29 is 9.59 Å². The van der Waals surface area contributed by atoms with Crippen LogP contribution in [0.15, 0.2) is 24.3 Å². The molecule has 1 aromatic carbocycles. The second-order valence-corrected chi connectivity index (χ2v) is 9.55. The van der Waals surface area contributed by atoms with Crippen LogP contribution in [0.4, 0.5) is 0 Å². The van der Waals surface area contributed by atoms with Crippen molar-refractivity contribution in [2.45, 2.75) is 37.9 Å². The number of likely N-dealkylation sites (N-methyl/N-ethyl adjacent to an activating group) is 1. The van der Waals surface area contributed by atoms with Gasteiger partial charge >= 0.3 is 0 Å². The van der Waals surface area contributed by atoms with E-state index in [2.05, 4.69) is 32.5 Å². The molecule has 3 N–H and O–H groups in total. The molecule has 2 aliphatic rings. The zero-order valence-corrected chi connectivity index (χ0v) is 18.1. The maximum absolute atomic E-state index is 12.7. The Hall–Kier alpha value is -2.42. The highest BCUT2D eigenvalue weighted by atomic mass is 35.5. The number of H-pyrrole nitrogens is 1. The molecule has 156 valence electrons. The summed E-state index contributed by atoms with van der Waals surface area (Å²) >= 11 is 7.49. The Labute approximate surface area is 182 Å². The molecular formula is C21H22ClN5O2S. The third kappa shape index (κ3) is 3.71. The van der Waals surface area contributed by atoms with Crippen molar-refractivity contribution in [3.05, 3.63) is 50.6 Å². The number of halogens is 1. The van der Waals surface area contributed by atoms with Crippen molar-refractivity contribution in [1.82, 2.24) is 25.5 Å². The summed E-state index contributed by atoms with van der Waals surface area (Å²) in [6.07, 6.45) is 2.56. The molecule has 7 nitrogen and oxygen atoms in total. The summed E-state index contributed by atoms with van der Waals surface area (Å²) in [7, 11) is 2.08. The van der Waals surface area contributed by atoms with Crippen LogP contribution in [0.2, 0.25) is 5.02 Å². The van der Waals surface area contributed by atoms with Gasteiger partial charge in [0.1, 0.15) is 5.69 Å². The molecule has 1 fully saturated rings. The lowest BCUT2D eigenvalue weighted by Crippen LogP contribution is -2.58. The lowest BCUT2D eigenvalue weighted by molar-refractivity contribution is 0.0826. The van der Waals surface area contributed by atoms with Crippen LogP contribution in [0.25, 0.3) is 10.9 Å². The molecule has 30 heavy (non-hydrogen) atoms. The van der Waals surface area contributed by atoms with Gasteiger partial charge in [-0.15, -0.1) is 11.3 Å². The number of aromatic nitrogens is 2. The molecule has 9 heteroatoms. The van der Waals surface area contributed by atoms with E-state index in [1.807, 2.05) is 12.1 Å². The van der Waals surface area contributed by atoms with Gasteiger partial charge in [-0.25, -0.2) is 4.98 Å². The first-order valence-electron chi connectivity index (χ1n) is 10.0. The van der Waals surface area contributed by atoms with E-state index >= 15 is 0 Å². The summed E-state index contributed by atoms with van der Waals surface area (Å²) in [6, 6.07) is 7.09. The van der Waals surface area contributed by atoms with Crippen LogP contribution in [0, 0.1) is 0 Å². The molecule has 3 heterocycles. The highest BCUT2D eigenvalue weighted by molar-refractivity contribution is 7.13. The van der Waals surface area contributed by atoms with Crippen LogP contribution < -0.4 is 10.6 Å². The summed E-state index contributed by atoms with van der Waals surface area (Å²) in [5.41, 5.74) is 2.39. The molecule has 2 aromatic heterocycles. The van der Waals surface area contributed by atoms with Gasteiger partial charge in [-0.05, 0) is 44.2 Å². The van der Waals surface area contributed by atoms with Gasteiger partial charge in [-0.3, -0.25) is 9.59 Å². The zero-order chi connectivity index (χ0) is 20.8. The van der Waals surface area contributed by atoms with Crippen LogP contribution in [-0.4, -0.2) is 52.4 Å². The number of carbonyl (C=O) groups is 2. The molecule has 1 saturated carbocycles. The maximum Gasteiger partial charge on any atom is 0.280 e. The molecule has 0 radical (unpaired) electrons. The van der Waals surface area contributed by atoms with E-state index in [4.69, 9.17) is 11.6 Å². The van der Waals surface area contributed by atoms with Crippen molar-refractivity contribution in [2.24, 2.45) is 0 Å². The van der Waals surface area contributed by atoms with E-state index in [0.717, 1.165) is 48.9 Å². The van der Waals surface area contributed by atoms with Gasteiger partial charge in [0.15, 0.2) is 5.01 Å². The van der Waals surface area contributed by atoms with Crippen molar-refractivity contribution in [3.63, 3.8) is 0 Å². The predicted molar refractivity (Wildman–Crippen MR) is 117 cm³/mol. The highest BCUT2D eigenvalue weighted by Gasteiger charge is 2.34. The van der Waals surface area contributed by atoms with Crippen LogP contribution in [0.5, 0.6) is 0 Å². The van der Waals surface area contributed by atoms with Crippen LogP contribution in [-0.2, 0) is 13.0 Å². The van der Waals surface area contributed by atoms with Gasteiger partial charge in [-0.2, -0.15) is 0 Å². The molecule has 2 amide bonds. The number of amides is 2. The van der Waals surface area contributed by atoms with Crippen LogP contribution >= 0.6 is 22.9 Å². The first kappa shape index (κ1) is 19.5. The number of carbonyl (C=O) groups excluding carboxylic acids is 2. The normalized spacial score (nSPS) is 21.1. The zero-order valence-electron chi connectivity index (χ0n) is 16.5. The van der Waals surface area contributed by atoms with Gasteiger partial charge < -0.3 is 20.5 Å². The predicted octanol–water partition coefficient (Wildman–Crippen LogP) is 2.96. The quantitative estimate of drug-likeness (QED) is 0.578. The summed E-state index contributed by atoms with van der Waals surface area (Å²) in [4.78, 5) is 36.4. The Morgan fingerprint density at radius 2 is 1.97 bits per heavy atom. The Bertz CT molecular complexity index is 1140. The van der Waals surface area contributed by atoms with Gasteiger partial charge in [0.2, 0.25) is 0 Å². The molecule has 1 aliphatic heterocycles. The van der Waals surface area contributed by atoms with Gasteiger partial charge in [0.05, 0.1) is 5.69 Å². The van der Waals surface area contributed by atoms with E-state index in [-0.39, 0.29) is 23.9 Å². The molecule has 2 atom stereocenters. The molecule has 5 rings (SSSR count). The molecule has 0 spiro atoms. The van der Waals surface area contributed by atoms with Gasteiger partial charge in [-0.1, -0.05) is 11.6 Å². The van der Waals surface area contributed by atoms with Crippen molar-refractivity contribution in [2.75, 3.05) is 13.6 Å². The highest BCUT2D eigenvalue weighted by Crippen LogP contribution is 2.26. The first-order chi connectivity index (χ1) is 14.5. The van der Waals surface area contributed by atoms with Crippen molar-refractivity contribution in [3.8, 4) is 0 Å². The Morgan fingerprint density at radius 3 is 2.73 bits per heavy atom. The Kier molecular flexibility index (Phi) is 5.00. The first-order valence-corrected chi connectivity index (χ1v) is 11.2. The third-order valence-electron chi connectivity index (χ3n) is 5.85. The van der Waals surface area contributed by atoms with Crippen LogP contribution in [0.3, 0.4) is 0 Å². The number of nitrogens with zero attached hydrogens (tertiary/aromatic N) is 2. The number of hydrogen-bond donors (Lipinski definition) is 3. The number of fused-ring (bicyclic) bond motifs is 2. The minimum Gasteiger partial charge on any atom is -0.351 e. The van der Waals surface area contributed by atoms with E-state index in [1.165, 1.54) is 16.2 Å². The molecule has 0 bridgehead atoms. The molecule has 0 saturated heterocycles. The van der Waals surface area contributed by atoms with Gasteiger partial charge in [0, 0.05) is 52.4 Å². The van der Waals surface area contributed by atoms with E-state index in [1.54, 1.807) is 12.1 Å². The molecule has 1 aliphatic carbocycles. The minimum atomic E-state index is -0.181. The average molecular weight is 444 g/mol. The van der Waals surface area contributed by atoms with E-state index < -0.39 is 0 Å². The fourth-order valence-electron chi connectivity index (χ4n) is 3.97. The summed E-state index contributed by atoms with van der Waals surface area (Å²) in [5, 5.41) is 8.11. The van der Waals surface area contributed by atoms with Gasteiger partial charge in [0.25, 0.3) is 11.8 Å².